The number of hydrogen-bond donors (Lipinski definition) is 0. The van der Waals surface area contributed by atoms with Crippen LogP contribution in [0.15, 0.2) is 46.9 Å². The maximum atomic E-state index is 4.00. The lowest BCUT2D eigenvalue weighted by Crippen LogP contribution is -1.88. The van der Waals surface area contributed by atoms with Crippen molar-refractivity contribution in [3.63, 3.8) is 0 Å². The van der Waals surface area contributed by atoms with Gasteiger partial charge >= 0.3 is 0 Å². The van der Waals surface area contributed by atoms with E-state index < -0.39 is 0 Å². The lowest BCUT2D eigenvalue weighted by atomic mass is 10.1. The summed E-state index contributed by atoms with van der Waals surface area (Å²) in [7, 11) is 0. The number of allylic oxidation sites excluding steroid dienone is 4. The van der Waals surface area contributed by atoms with Crippen LogP contribution in [0, 0.1) is 5.92 Å². The second kappa shape index (κ2) is 6.53. The molecule has 0 rings (SSSR count). The second-order valence-corrected chi connectivity index (χ2v) is 2.67. The molecule has 0 aliphatic rings. The summed E-state index contributed by atoms with van der Waals surface area (Å²) in [5, 5.41) is 7.73. The molecular weight excluding hydrogens is 148 g/mol. The van der Waals surface area contributed by atoms with E-state index in [0.717, 1.165) is 5.70 Å². The molecular formula is C10H16N2. The summed E-state index contributed by atoms with van der Waals surface area (Å²) < 4.78 is 0. The highest BCUT2D eigenvalue weighted by Crippen LogP contribution is 2.11. The Balaban J connectivity index is 4.42. The Morgan fingerprint density at radius 1 is 1.42 bits per heavy atom. The largest absolute Gasteiger partial charge is 0.160 e. The van der Waals surface area contributed by atoms with Crippen molar-refractivity contribution >= 4 is 0 Å². The quantitative estimate of drug-likeness (QED) is 0.447. The predicted octanol–water partition coefficient (Wildman–Crippen LogP) is 3.70. The van der Waals surface area contributed by atoms with Gasteiger partial charge in [0.15, 0.2) is 0 Å². The SMILES string of the molecule is C=CN=N/C(=C\C=C\C)C(C)C. The van der Waals surface area contributed by atoms with Gasteiger partial charge in [0.25, 0.3) is 0 Å². The lowest BCUT2D eigenvalue weighted by molar-refractivity contribution is 0.742. The average Bonchev–Trinajstić information content (AvgIpc) is 2.04. The van der Waals surface area contributed by atoms with Crippen LogP contribution in [0.2, 0.25) is 0 Å². The molecule has 0 atom stereocenters. The van der Waals surface area contributed by atoms with Gasteiger partial charge in [-0.2, -0.15) is 10.2 Å². The van der Waals surface area contributed by atoms with E-state index in [1.54, 1.807) is 0 Å². The molecule has 0 amide bonds. The third kappa shape index (κ3) is 4.61. The van der Waals surface area contributed by atoms with Gasteiger partial charge in [0.1, 0.15) is 0 Å². The molecule has 66 valence electrons. The fourth-order valence-electron chi connectivity index (χ4n) is 0.644. The van der Waals surface area contributed by atoms with E-state index in [2.05, 4.69) is 30.7 Å². The van der Waals surface area contributed by atoms with Gasteiger partial charge in [-0.05, 0) is 18.9 Å². The molecule has 12 heavy (non-hydrogen) atoms. The van der Waals surface area contributed by atoms with E-state index in [9.17, 15) is 0 Å². The van der Waals surface area contributed by atoms with Crippen molar-refractivity contribution in [2.24, 2.45) is 16.1 Å². The highest BCUT2D eigenvalue weighted by molar-refractivity contribution is 5.12. The lowest BCUT2D eigenvalue weighted by Gasteiger charge is -2.01. The number of nitrogens with zero attached hydrogens (tertiary/aromatic N) is 2. The molecule has 0 aromatic rings. The molecule has 0 saturated heterocycles. The first-order chi connectivity index (χ1) is 5.72. The molecule has 2 heteroatoms. The van der Waals surface area contributed by atoms with Gasteiger partial charge in [0.2, 0.25) is 0 Å². The zero-order chi connectivity index (χ0) is 9.40. The highest BCUT2D eigenvalue weighted by Gasteiger charge is 1.98. The van der Waals surface area contributed by atoms with E-state index >= 15 is 0 Å². The summed E-state index contributed by atoms with van der Waals surface area (Å²) in [5.41, 5.74) is 0.966. The summed E-state index contributed by atoms with van der Waals surface area (Å²) in [6, 6.07) is 0. The van der Waals surface area contributed by atoms with E-state index in [4.69, 9.17) is 0 Å². The third-order valence-electron chi connectivity index (χ3n) is 1.31. The van der Waals surface area contributed by atoms with E-state index in [-0.39, 0.29) is 0 Å². The molecule has 0 unspecified atom stereocenters. The van der Waals surface area contributed by atoms with Crippen LogP contribution in [0.25, 0.3) is 0 Å². The van der Waals surface area contributed by atoms with Gasteiger partial charge < -0.3 is 0 Å². The molecule has 0 fully saturated rings. The van der Waals surface area contributed by atoms with Crippen LogP contribution < -0.4 is 0 Å². The Labute approximate surface area is 74.4 Å². The summed E-state index contributed by atoms with van der Waals surface area (Å²) in [6.07, 6.45) is 7.31. The fraction of sp³-hybridized carbons (Fsp3) is 0.400. The summed E-state index contributed by atoms with van der Waals surface area (Å²) in [6.45, 7) is 9.60. The van der Waals surface area contributed by atoms with Gasteiger partial charge in [-0.1, -0.05) is 32.6 Å². The third-order valence-corrected chi connectivity index (χ3v) is 1.31. The zero-order valence-corrected chi connectivity index (χ0v) is 7.99. The van der Waals surface area contributed by atoms with Gasteiger partial charge in [0, 0.05) is 6.20 Å². The Morgan fingerprint density at radius 3 is 2.50 bits per heavy atom. The average molecular weight is 164 g/mol. The Kier molecular flexibility index (Phi) is 5.88. The molecule has 0 aliphatic carbocycles. The summed E-state index contributed by atoms with van der Waals surface area (Å²) in [5.74, 6) is 0.393. The maximum absolute atomic E-state index is 4.00. The predicted molar refractivity (Wildman–Crippen MR) is 52.8 cm³/mol. The van der Waals surface area contributed by atoms with Crippen molar-refractivity contribution in [1.82, 2.24) is 0 Å². The van der Waals surface area contributed by atoms with Crippen molar-refractivity contribution in [3.05, 3.63) is 36.7 Å². The molecule has 0 aromatic carbocycles. The molecule has 0 radical (unpaired) electrons. The monoisotopic (exact) mass is 164 g/mol. The van der Waals surface area contributed by atoms with Crippen LogP contribution in [0.1, 0.15) is 20.8 Å². The van der Waals surface area contributed by atoms with E-state index in [1.807, 2.05) is 25.2 Å². The number of azo groups is 1. The van der Waals surface area contributed by atoms with Crippen LogP contribution in [0.3, 0.4) is 0 Å². The Hall–Kier alpha value is -1.18. The Bertz CT molecular complexity index is 210. The van der Waals surface area contributed by atoms with Crippen LogP contribution in [0.4, 0.5) is 0 Å². The van der Waals surface area contributed by atoms with Crippen LogP contribution >= 0.6 is 0 Å². The second-order valence-electron chi connectivity index (χ2n) is 2.67. The number of hydrogen-bond acceptors (Lipinski definition) is 2. The summed E-state index contributed by atoms with van der Waals surface area (Å²) in [4.78, 5) is 0. The van der Waals surface area contributed by atoms with Crippen molar-refractivity contribution in [3.8, 4) is 0 Å². The standard InChI is InChI=1S/C10H16N2/c1-5-7-8-10(9(3)4)12-11-6-2/h5-9H,2H2,1,3-4H3/b7-5+,10-8-,12-11?. The van der Waals surface area contributed by atoms with Gasteiger partial charge in [-0.3, -0.25) is 0 Å². The fourth-order valence-corrected chi connectivity index (χ4v) is 0.644. The molecule has 0 bridgehead atoms. The molecule has 2 nitrogen and oxygen atoms in total. The van der Waals surface area contributed by atoms with Gasteiger partial charge in [0.05, 0.1) is 5.70 Å². The molecule has 0 N–H and O–H groups in total. The van der Waals surface area contributed by atoms with Crippen molar-refractivity contribution in [2.75, 3.05) is 0 Å². The molecule has 0 spiro atoms. The first-order valence-corrected chi connectivity index (χ1v) is 4.07. The maximum Gasteiger partial charge on any atom is 0.0655 e. The van der Waals surface area contributed by atoms with Crippen molar-refractivity contribution < 1.29 is 0 Å². The molecule has 0 saturated carbocycles. The zero-order valence-electron chi connectivity index (χ0n) is 7.99. The van der Waals surface area contributed by atoms with E-state index in [1.165, 1.54) is 6.20 Å². The summed E-state index contributed by atoms with van der Waals surface area (Å²) >= 11 is 0. The smallest absolute Gasteiger partial charge is 0.0655 e. The molecule has 0 aromatic heterocycles. The minimum atomic E-state index is 0.393. The van der Waals surface area contributed by atoms with Crippen LogP contribution in [0.5, 0.6) is 0 Å². The highest BCUT2D eigenvalue weighted by atomic mass is 15.1. The number of rotatable bonds is 4. The van der Waals surface area contributed by atoms with E-state index in [0.29, 0.717) is 5.92 Å². The first kappa shape index (κ1) is 10.8. The van der Waals surface area contributed by atoms with Crippen LogP contribution in [-0.4, -0.2) is 0 Å². The topological polar surface area (TPSA) is 24.7 Å². The van der Waals surface area contributed by atoms with Crippen LogP contribution in [-0.2, 0) is 0 Å². The van der Waals surface area contributed by atoms with Gasteiger partial charge in [-0.15, -0.1) is 0 Å². The minimum Gasteiger partial charge on any atom is -0.160 e. The normalized spacial score (nSPS) is 13.5. The van der Waals surface area contributed by atoms with Gasteiger partial charge in [-0.25, -0.2) is 0 Å². The van der Waals surface area contributed by atoms with Crippen molar-refractivity contribution in [2.45, 2.75) is 20.8 Å². The molecule has 0 heterocycles. The van der Waals surface area contributed by atoms with Crippen molar-refractivity contribution in [1.29, 1.82) is 0 Å². The Morgan fingerprint density at radius 2 is 2.08 bits per heavy atom. The molecule has 0 aliphatic heterocycles. The minimum absolute atomic E-state index is 0.393. The first-order valence-electron chi connectivity index (χ1n) is 4.07.